The molecule has 1 aromatic heterocycles. The lowest BCUT2D eigenvalue weighted by molar-refractivity contribution is -0.114. The predicted molar refractivity (Wildman–Crippen MR) is 86.5 cm³/mol. The van der Waals surface area contributed by atoms with Crippen molar-refractivity contribution in [1.29, 1.82) is 0 Å². The number of rotatable bonds is 6. The number of hydrogen-bond donors (Lipinski definition) is 1. The summed E-state index contributed by atoms with van der Waals surface area (Å²) in [6.07, 6.45) is 2.18. The van der Waals surface area contributed by atoms with Gasteiger partial charge in [0.2, 0.25) is 11.1 Å². The molecule has 1 saturated carbocycles. The van der Waals surface area contributed by atoms with Crippen molar-refractivity contribution < 1.29 is 9.59 Å². The average Bonchev–Trinajstić information content (AvgIpc) is 3.27. The maximum Gasteiger partial charge on any atom is 0.221 e. The fraction of sp³-hybridized carbons (Fsp3) is 0.400. The summed E-state index contributed by atoms with van der Waals surface area (Å²) in [7, 11) is 0. The van der Waals surface area contributed by atoms with E-state index < -0.39 is 0 Å². The van der Waals surface area contributed by atoms with Gasteiger partial charge in [-0.15, -0.1) is 5.10 Å². The first kappa shape index (κ1) is 15.7. The quantitative estimate of drug-likeness (QED) is 0.645. The number of Topliss-reactive ketones (excluding diaryl/α,β-unsaturated/α-hetero) is 1. The number of tetrazole rings is 1. The zero-order valence-corrected chi connectivity index (χ0v) is 13.7. The number of thioether (sulfide) groups is 1. The molecule has 3 rings (SSSR count). The third-order valence-electron chi connectivity index (χ3n) is 3.50. The summed E-state index contributed by atoms with van der Waals surface area (Å²) < 4.78 is 1.80. The highest BCUT2D eigenvalue weighted by Crippen LogP contribution is 2.37. The molecule has 2 aromatic rings. The van der Waals surface area contributed by atoms with Crippen LogP contribution < -0.4 is 5.32 Å². The van der Waals surface area contributed by atoms with Crippen molar-refractivity contribution in [1.82, 2.24) is 20.2 Å². The molecular weight excluding hydrogens is 314 g/mol. The second-order valence-corrected chi connectivity index (χ2v) is 6.83. The minimum atomic E-state index is -0.287. The number of amides is 1. The van der Waals surface area contributed by atoms with E-state index in [2.05, 4.69) is 20.8 Å². The number of aromatic nitrogens is 4. The first-order valence-electron chi connectivity index (χ1n) is 7.41. The highest BCUT2D eigenvalue weighted by atomic mass is 32.2. The fourth-order valence-electron chi connectivity index (χ4n) is 2.18. The van der Waals surface area contributed by atoms with E-state index >= 15 is 0 Å². The van der Waals surface area contributed by atoms with Gasteiger partial charge in [-0.25, -0.2) is 4.68 Å². The van der Waals surface area contributed by atoms with Gasteiger partial charge in [0, 0.05) is 18.2 Å². The van der Waals surface area contributed by atoms with E-state index in [1.54, 1.807) is 28.9 Å². The van der Waals surface area contributed by atoms with E-state index in [4.69, 9.17) is 0 Å². The molecule has 0 saturated heterocycles. The largest absolute Gasteiger partial charge is 0.326 e. The second kappa shape index (κ2) is 6.49. The molecule has 0 unspecified atom stereocenters. The summed E-state index contributed by atoms with van der Waals surface area (Å²) in [6.45, 7) is 3.29. The van der Waals surface area contributed by atoms with Gasteiger partial charge in [0.05, 0.1) is 11.3 Å². The zero-order valence-electron chi connectivity index (χ0n) is 12.9. The number of carbonyl (C=O) groups excluding carboxylic acids is 2. The van der Waals surface area contributed by atoms with Crippen LogP contribution in [0.25, 0.3) is 0 Å². The highest BCUT2D eigenvalue weighted by molar-refractivity contribution is 8.00. The number of hydrogen-bond acceptors (Lipinski definition) is 6. The maximum atomic E-state index is 12.5. The van der Waals surface area contributed by atoms with Gasteiger partial charge < -0.3 is 5.32 Å². The number of nitrogens with one attached hydrogen (secondary N) is 1. The van der Waals surface area contributed by atoms with Gasteiger partial charge in [-0.05, 0) is 54.5 Å². The summed E-state index contributed by atoms with van der Waals surface area (Å²) >= 11 is 1.37. The van der Waals surface area contributed by atoms with Crippen molar-refractivity contribution in [2.24, 2.45) is 0 Å². The molecular formula is C15H17N5O2S. The van der Waals surface area contributed by atoms with Crippen LogP contribution in [0, 0.1) is 0 Å². The van der Waals surface area contributed by atoms with Crippen LogP contribution in [0.2, 0.25) is 0 Å². The Bertz CT molecular complexity index is 724. The lowest BCUT2D eigenvalue weighted by Gasteiger charge is -2.10. The van der Waals surface area contributed by atoms with E-state index in [-0.39, 0.29) is 16.9 Å². The Morgan fingerprint density at radius 2 is 2.00 bits per heavy atom. The molecule has 0 radical (unpaired) electrons. The van der Waals surface area contributed by atoms with E-state index in [1.165, 1.54) is 18.7 Å². The van der Waals surface area contributed by atoms with Gasteiger partial charge in [0.1, 0.15) is 0 Å². The fourth-order valence-corrected chi connectivity index (χ4v) is 3.12. The maximum absolute atomic E-state index is 12.5. The van der Waals surface area contributed by atoms with Gasteiger partial charge in [-0.2, -0.15) is 0 Å². The Morgan fingerprint density at radius 3 is 2.61 bits per heavy atom. The Kier molecular flexibility index (Phi) is 4.42. The van der Waals surface area contributed by atoms with Crippen LogP contribution in [0.3, 0.4) is 0 Å². The number of ketones is 1. The summed E-state index contributed by atoms with van der Waals surface area (Å²) in [4.78, 5) is 23.5. The molecule has 7 nitrogen and oxygen atoms in total. The van der Waals surface area contributed by atoms with Crippen molar-refractivity contribution >= 4 is 29.1 Å². The number of anilines is 1. The lowest BCUT2D eigenvalue weighted by atomic mass is 10.1. The van der Waals surface area contributed by atoms with Gasteiger partial charge >= 0.3 is 0 Å². The van der Waals surface area contributed by atoms with Crippen molar-refractivity contribution in [2.45, 2.75) is 43.1 Å². The molecule has 0 spiro atoms. The molecule has 8 heteroatoms. The first-order chi connectivity index (χ1) is 11.0. The minimum Gasteiger partial charge on any atom is -0.326 e. The Morgan fingerprint density at radius 1 is 1.30 bits per heavy atom. The SMILES string of the molecule is CC(=O)Nc1ccc(C(=O)[C@@H](C)Sc2nnnn2C2CC2)cc1. The highest BCUT2D eigenvalue weighted by Gasteiger charge is 2.29. The topological polar surface area (TPSA) is 89.8 Å². The molecule has 1 aliphatic carbocycles. The number of carbonyl (C=O) groups is 2. The third-order valence-corrected chi connectivity index (χ3v) is 4.54. The summed E-state index contributed by atoms with van der Waals surface area (Å²) in [5.74, 6) is -0.130. The minimum absolute atomic E-state index is 0.00900. The normalized spacial score (nSPS) is 15.2. The van der Waals surface area contributed by atoms with Crippen LogP contribution in [0.1, 0.15) is 43.1 Å². The molecule has 120 valence electrons. The Balaban J connectivity index is 1.66. The zero-order chi connectivity index (χ0) is 16.4. The number of benzene rings is 1. The number of nitrogens with zero attached hydrogens (tertiary/aromatic N) is 4. The van der Waals surface area contributed by atoms with Crippen LogP contribution in [0.5, 0.6) is 0 Å². The second-order valence-electron chi connectivity index (χ2n) is 5.52. The van der Waals surface area contributed by atoms with E-state index in [1.807, 2.05) is 6.92 Å². The molecule has 23 heavy (non-hydrogen) atoms. The monoisotopic (exact) mass is 331 g/mol. The van der Waals surface area contributed by atoms with E-state index in [0.717, 1.165) is 12.8 Å². The van der Waals surface area contributed by atoms with Gasteiger partial charge in [0.15, 0.2) is 5.78 Å². The molecule has 1 amide bonds. The average molecular weight is 331 g/mol. The third kappa shape index (κ3) is 3.76. The molecule has 0 aliphatic heterocycles. The molecule has 1 atom stereocenters. The molecule has 1 N–H and O–H groups in total. The van der Waals surface area contributed by atoms with Crippen LogP contribution in [-0.4, -0.2) is 37.1 Å². The van der Waals surface area contributed by atoms with E-state index in [0.29, 0.717) is 22.4 Å². The lowest BCUT2D eigenvalue weighted by Crippen LogP contribution is -2.15. The summed E-state index contributed by atoms with van der Waals surface area (Å²) in [6, 6.07) is 7.26. The Hall–Kier alpha value is -2.22. The van der Waals surface area contributed by atoms with E-state index in [9.17, 15) is 9.59 Å². The van der Waals surface area contributed by atoms with Gasteiger partial charge in [-0.1, -0.05) is 11.8 Å². The van der Waals surface area contributed by atoms with Crippen molar-refractivity contribution in [3.05, 3.63) is 29.8 Å². The van der Waals surface area contributed by atoms with Crippen molar-refractivity contribution in [2.75, 3.05) is 5.32 Å². The summed E-state index contributed by atoms with van der Waals surface area (Å²) in [5, 5.41) is 14.8. The van der Waals surface area contributed by atoms with Gasteiger partial charge in [0.25, 0.3) is 0 Å². The molecule has 1 aromatic carbocycles. The molecule has 0 bridgehead atoms. The Labute approximate surface area is 137 Å². The summed E-state index contributed by atoms with van der Waals surface area (Å²) in [5.41, 5.74) is 1.27. The van der Waals surface area contributed by atoms with Crippen molar-refractivity contribution in [3.63, 3.8) is 0 Å². The predicted octanol–water partition coefficient (Wildman–Crippen LogP) is 2.33. The van der Waals surface area contributed by atoms with Crippen LogP contribution in [0.4, 0.5) is 5.69 Å². The van der Waals surface area contributed by atoms with Crippen LogP contribution in [-0.2, 0) is 4.79 Å². The van der Waals surface area contributed by atoms with Crippen LogP contribution in [0.15, 0.2) is 29.4 Å². The first-order valence-corrected chi connectivity index (χ1v) is 8.29. The van der Waals surface area contributed by atoms with Gasteiger partial charge in [-0.3, -0.25) is 9.59 Å². The molecule has 1 fully saturated rings. The van der Waals surface area contributed by atoms with Crippen molar-refractivity contribution in [3.8, 4) is 0 Å². The smallest absolute Gasteiger partial charge is 0.221 e. The molecule has 1 aliphatic rings. The standard InChI is InChI=1S/C15H17N5O2S/c1-9(23-15-17-18-19-20(15)13-7-8-13)14(22)11-3-5-12(6-4-11)16-10(2)21/h3-6,9,13H,7-8H2,1-2H3,(H,16,21)/t9-/m1/s1. The van der Waals surface area contributed by atoms with Crippen LogP contribution >= 0.6 is 11.8 Å². The molecule has 1 heterocycles.